The van der Waals surface area contributed by atoms with Crippen molar-refractivity contribution in [3.63, 3.8) is 0 Å². The molecule has 0 unspecified atom stereocenters. The highest BCUT2D eigenvalue weighted by Gasteiger charge is 2.21. The van der Waals surface area contributed by atoms with E-state index in [1.165, 1.54) is 11.1 Å². The first-order valence-electron chi connectivity index (χ1n) is 21.0. The number of nitrogens with zero attached hydrogens (tertiary/aromatic N) is 3. The molecule has 0 atom stereocenters. The van der Waals surface area contributed by atoms with Crippen molar-refractivity contribution in [2.24, 2.45) is 0 Å². The second-order valence-electron chi connectivity index (χ2n) is 15.9. The van der Waals surface area contributed by atoms with Crippen LogP contribution in [0.3, 0.4) is 0 Å². The average molecular weight is 808 g/mol. The Morgan fingerprint density at radius 1 is 0.238 bits per heavy atom. The molecule has 63 heavy (non-hydrogen) atoms. The lowest BCUT2D eigenvalue weighted by Gasteiger charge is -2.09. The number of hydrogen-bond acceptors (Lipinski definition) is 6. The molecule has 6 nitrogen and oxygen atoms in total. The Kier molecular flexibility index (Phi) is 7.80. The van der Waals surface area contributed by atoms with E-state index in [0.717, 1.165) is 105 Å². The second kappa shape index (κ2) is 14.0. The third-order valence-corrected chi connectivity index (χ3v) is 12.2. The summed E-state index contributed by atoms with van der Waals surface area (Å²) in [5.41, 5.74) is 14.2. The molecule has 0 aliphatic heterocycles. The summed E-state index contributed by atoms with van der Waals surface area (Å²) in [6, 6.07) is 68.8. The molecule has 294 valence electrons. The van der Waals surface area contributed by atoms with Gasteiger partial charge in [-0.05, 0) is 88.0 Å². The van der Waals surface area contributed by atoms with Gasteiger partial charge in [0.15, 0.2) is 17.5 Å². The minimum atomic E-state index is 0.550. The molecular weight excluding hydrogens is 775 g/mol. The number of benzene rings is 9. The summed E-state index contributed by atoms with van der Waals surface area (Å²) in [7, 11) is 0. The van der Waals surface area contributed by atoms with E-state index >= 15 is 0 Å². The van der Waals surface area contributed by atoms with Crippen molar-refractivity contribution < 1.29 is 13.3 Å². The lowest BCUT2D eigenvalue weighted by molar-refractivity contribution is 0.668. The minimum Gasteiger partial charge on any atom is -0.456 e. The van der Waals surface area contributed by atoms with Gasteiger partial charge in [0.05, 0.1) is 0 Å². The molecule has 0 radical (unpaired) electrons. The zero-order valence-corrected chi connectivity index (χ0v) is 33.6. The lowest BCUT2D eigenvalue weighted by Crippen LogP contribution is -2.00. The van der Waals surface area contributed by atoms with E-state index in [2.05, 4.69) is 121 Å². The number of aromatic nitrogens is 3. The van der Waals surface area contributed by atoms with Crippen molar-refractivity contribution in [3.8, 4) is 67.5 Å². The second-order valence-corrected chi connectivity index (χ2v) is 15.9. The standard InChI is InChI=1S/C57H33N3O3/c1-3-11-34(12-4-1)35-21-23-36(24-22-35)38-26-29-48-45(31-38)53-41(16-9-19-50(53)61-48)39-27-30-49-46(32-39)54-44(17-10-20-51(54)62-49)57-59-55(37-13-5-2-6-14-37)58-56(60-57)40-25-28-43-42-15-7-8-18-47(42)63-52(43)33-40/h1-33H. The summed E-state index contributed by atoms with van der Waals surface area (Å²) in [4.78, 5) is 15.4. The molecule has 0 saturated carbocycles. The van der Waals surface area contributed by atoms with Crippen LogP contribution in [0.15, 0.2) is 213 Å². The zero-order chi connectivity index (χ0) is 41.4. The van der Waals surface area contributed by atoms with E-state index in [9.17, 15) is 0 Å². The van der Waals surface area contributed by atoms with Crippen LogP contribution >= 0.6 is 0 Å². The summed E-state index contributed by atoms with van der Waals surface area (Å²) in [5.74, 6) is 1.68. The van der Waals surface area contributed by atoms with Gasteiger partial charge < -0.3 is 13.3 Å². The van der Waals surface area contributed by atoms with Crippen LogP contribution in [0.25, 0.3) is 133 Å². The van der Waals surface area contributed by atoms with Gasteiger partial charge in [0.25, 0.3) is 0 Å². The van der Waals surface area contributed by atoms with Gasteiger partial charge in [-0.1, -0.05) is 146 Å². The fraction of sp³-hybridized carbons (Fsp3) is 0. The Balaban J connectivity index is 0.955. The number of hydrogen-bond donors (Lipinski definition) is 0. The lowest BCUT2D eigenvalue weighted by atomic mass is 9.95. The highest BCUT2D eigenvalue weighted by molar-refractivity contribution is 6.16. The zero-order valence-electron chi connectivity index (χ0n) is 33.6. The minimum absolute atomic E-state index is 0.550. The summed E-state index contributed by atoms with van der Waals surface area (Å²) in [6.07, 6.45) is 0. The Labute approximate surface area is 360 Å². The molecule has 0 aliphatic carbocycles. The topological polar surface area (TPSA) is 78.1 Å². The molecular formula is C57H33N3O3. The first-order chi connectivity index (χ1) is 31.2. The first-order valence-corrected chi connectivity index (χ1v) is 21.0. The maximum absolute atomic E-state index is 6.55. The number of rotatable bonds is 6. The smallest absolute Gasteiger partial charge is 0.164 e. The maximum atomic E-state index is 6.55. The summed E-state index contributed by atoms with van der Waals surface area (Å²) in [6.45, 7) is 0. The highest BCUT2D eigenvalue weighted by Crippen LogP contribution is 2.43. The van der Waals surface area contributed by atoms with Crippen LogP contribution in [-0.4, -0.2) is 15.0 Å². The van der Waals surface area contributed by atoms with Crippen molar-refractivity contribution >= 4 is 65.8 Å². The molecule has 4 aromatic heterocycles. The van der Waals surface area contributed by atoms with Crippen LogP contribution < -0.4 is 0 Å². The van der Waals surface area contributed by atoms with Gasteiger partial charge in [0.1, 0.15) is 33.5 Å². The fourth-order valence-electron chi connectivity index (χ4n) is 9.12. The Morgan fingerprint density at radius 2 is 0.698 bits per heavy atom. The highest BCUT2D eigenvalue weighted by atomic mass is 16.3. The molecule has 13 rings (SSSR count). The Bertz CT molecular complexity index is 3900. The molecule has 0 spiro atoms. The van der Waals surface area contributed by atoms with Gasteiger partial charge in [-0.2, -0.15) is 0 Å². The summed E-state index contributed by atoms with van der Waals surface area (Å²) in [5, 5.41) is 6.15. The van der Waals surface area contributed by atoms with E-state index in [0.29, 0.717) is 17.5 Å². The normalized spacial score (nSPS) is 11.8. The van der Waals surface area contributed by atoms with E-state index in [1.54, 1.807) is 0 Å². The number of para-hydroxylation sites is 1. The Hall–Kier alpha value is -8.61. The molecule has 0 aliphatic rings. The van der Waals surface area contributed by atoms with Gasteiger partial charge in [0, 0.05) is 49.0 Å². The van der Waals surface area contributed by atoms with Crippen molar-refractivity contribution in [1.82, 2.24) is 15.0 Å². The van der Waals surface area contributed by atoms with E-state index in [1.807, 2.05) is 78.9 Å². The SMILES string of the molecule is c1ccc(-c2ccc(-c3ccc4oc5cccc(-c6ccc7oc8cccc(-c9nc(-c%10ccccc%10)nc(-c%10ccc%11c(c%10)oc%10ccccc%10%11)n9)c8c7c6)c5c4c3)cc2)cc1. The van der Waals surface area contributed by atoms with Crippen molar-refractivity contribution in [2.45, 2.75) is 0 Å². The average Bonchev–Trinajstić information content (AvgIpc) is 4.05. The first kappa shape index (κ1) is 35.2. The molecule has 0 fully saturated rings. The maximum Gasteiger partial charge on any atom is 0.164 e. The molecule has 6 heteroatoms. The van der Waals surface area contributed by atoms with E-state index in [-0.39, 0.29) is 0 Å². The van der Waals surface area contributed by atoms with Crippen molar-refractivity contribution in [2.75, 3.05) is 0 Å². The molecule has 13 aromatic rings. The van der Waals surface area contributed by atoms with Crippen LogP contribution in [0.2, 0.25) is 0 Å². The van der Waals surface area contributed by atoms with Gasteiger partial charge in [-0.15, -0.1) is 0 Å². The molecule has 0 saturated heterocycles. The third-order valence-electron chi connectivity index (χ3n) is 12.2. The molecule has 0 N–H and O–H groups in total. The summed E-state index contributed by atoms with van der Waals surface area (Å²) >= 11 is 0. The van der Waals surface area contributed by atoms with E-state index < -0.39 is 0 Å². The monoisotopic (exact) mass is 807 g/mol. The predicted molar refractivity (Wildman–Crippen MR) is 254 cm³/mol. The van der Waals surface area contributed by atoms with Crippen molar-refractivity contribution in [1.29, 1.82) is 0 Å². The molecule has 0 amide bonds. The van der Waals surface area contributed by atoms with Crippen LogP contribution in [0.4, 0.5) is 0 Å². The van der Waals surface area contributed by atoms with Gasteiger partial charge >= 0.3 is 0 Å². The van der Waals surface area contributed by atoms with Gasteiger partial charge in [0.2, 0.25) is 0 Å². The van der Waals surface area contributed by atoms with Gasteiger partial charge in [-0.25, -0.2) is 15.0 Å². The van der Waals surface area contributed by atoms with Crippen LogP contribution in [-0.2, 0) is 0 Å². The Morgan fingerprint density at radius 3 is 1.43 bits per heavy atom. The quantitative estimate of drug-likeness (QED) is 0.166. The van der Waals surface area contributed by atoms with E-state index in [4.69, 9.17) is 28.2 Å². The molecule has 9 aromatic carbocycles. The van der Waals surface area contributed by atoms with Crippen LogP contribution in [0.1, 0.15) is 0 Å². The van der Waals surface area contributed by atoms with Crippen LogP contribution in [0, 0.1) is 0 Å². The largest absolute Gasteiger partial charge is 0.456 e. The van der Waals surface area contributed by atoms with Gasteiger partial charge in [-0.3, -0.25) is 0 Å². The molecule has 4 heterocycles. The van der Waals surface area contributed by atoms with Crippen molar-refractivity contribution in [3.05, 3.63) is 200 Å². The van der Waals surface area contributed by atoms with Crippen LogP contribution in [0.5, 0.6) is 0 Å². The summed E-state index contributed by atoms with van der Waals surface area (Å²) < 4.78 is 19.3. The molecule has 0 bridgehead atoms. The number of fused-ring (bicyclic) bond motifs is 9. The third kappa shape index (κ3) is 5.84. The number of furan rings is 3. The predicted octanol–water partition coefficient (Wildman–Crippen LogP) is 15.6. The fourth-order valence-corrected chi connectivity index (χ4v) is 9.12.